The Balaban J connectivity index is 0.981. The Kier molecular flexibility index (Phi) is 9.37. The van der Waals surface area contributed by atoms with Crippen LogP contribution in [-0.4, -0.2) is 60.5 Å². The summed E-state index contributed by atoms with van der Waals surface area (Å²) in [6.45, 7) is 5.24. The molecule has 3 aliphatic heterocycles. The van der Waals surface area contributed by atoms with Crippen LogP contribution in [-0.2, 0) is 17.3 Å². The number of hydrogen-bond donors (Lipinski definition) is 2. The average molecular weight is 771 g/mol. The van der Waals surface area contributed by atoms with Crippen molar-refractivity contribution in [1.29, 1.82) is 0 Å². The number of aromatic nitrogens is 2. The van der Waals surface area contributed by atoms with Crippen LogP contribution in [0.25, 0.3) is 10.6 Å². The zero-order valence-corrected chi connectivity index (χ0v) is 30.3. The number of amides is 3. The molecule has 0 radical (unpaired) electrons. The first-order valence-electron chi connectivity index (χ1n) is 17.7. The number of benzene rings is 2. The van der Waals surface area contributed by atoms with Gasteiger partial charge in [-0.25, -0.2) is 9.37 Å². The number of hydrogen-bond acceptors (Lipinski definition) is 8. The van der Waals surface area contributed by atoms with E-state index in [1.54, 1.807) is 53.7 Å². The molecule has 3 amide bonds. The van der Waals surface area contributed by atoms with Crippen LogP contribution in [0.4, 0.5) is 40.4 Å². The van der Waals surface area contributed by atoms with Crippen molar-refractivity contribution in [2.75, 3.05) is 53.3 Å². The second-order valence-corrected chi connectivity index (χ2v) is 15.1. The molecule has 5 aromatic rings. The van der Waals surface area contributed by atoms with Crippen molar-refractivity contribution in [2.45, 2.75) is 32.4 Å². The summed E-state index contributed by atoms with van der Waals surface area (Å²) in [5, 5.41) is 5.07. The van der Waals surface area contributed by atoms with E-state index in [1.165, 1.54) is 6.07 Å². The fraction of sp³-hybridized carbons (Fsp3) is 0.275. The van der Waals surface area contributed by atoms with Crippen molar-refractivity contribution in [2.24, 2.45) is 5.41 Å². The molecule has 8 rings (SSSR count). The number of carbonyl (C=O) groups excluding carboxylic acids is 3. The van der Waals surface area contributed by atoms with Crippen LogP contribution >= 0.6 is 11.3 Å². The van der Waals surface area contributed by atoms with Gasteiger partial charge in [0, 0.05) is 48.7 Å². The van der Waals surface area contributed by atoms with Crippen LogP contribution in [0.15, 0.2) is 79.1 Å². The van der Waals surface area contributed by atoms with Gasteiger partial charge in [0.2, 0.25) is 0 Å². The number of pyridine rings is 2. The molecule has 3 aromatic heterocycles. The Morgan fingerprint density at radius 3 is 2.38 bits per heavy atom. The van der Waals surface area contributed by atoms with Gasteiger partial charge in [-0.15, -0.1) is 11.3 Å². The van der Waals surface area contributed by atoms with E-state index in [0.717, 1.165) is 68.2 Å². The Morgan fingerprint density at radius 1 is 0.909 bits per heavy atom. The predicted molar refractivity (Wildman–Crippen MR) is 200 cm³/mol. The van der Waals surface area contributed by atoms with Gasteiger partial charge >= 0.3 is 6.18 Å². The molecule has 6 heterocycles. The maximum Gasteiger partial charge on any atom is 0.418 e. The number of carbonyl (C=O) groups is 3. The van der Waals surface area contributed by atoms with E-state index in [0.29, 0.717) is 56.9 Å². The largest absolute Gasteiger partial charge is 0.418 e. The second-order valence-electron chi connectivity index (χ2n) is 14.1. The number of rotatable bonds is 6. The molecule has 0 bridgehead atoms. The molecule has 0 saturated carbocycles. The van der Waals surface area contributed by atoms with Gasteiger partial charge in [-0.05, 0) is 98.0 Å². The molecular weight excluding hydrogens is 737 g/mol. The lowest BCUT2D eigenvalue weighted by Gasteiger charge is -2.47. The Morgan fingerprint density at radius 2 is 1.67 bits per heavy atom. The number of ether oxygens (including phenoxy) is 1. The van der Waals surface area contributed by atoms with E-state index in [9.17, 15) is 31.9 Å². The summed E-state index contributed by atoms with van der Waals surface area (Å²) < 4.78 is 60.6. The highest BCUT2D eigenvalue weighted by molar-refractivity contribution is 7.17. The zero-order valence-electron chi connectivity index (χ0n) is 29.5. The lowest BCUT2D eigenvalue weighted by atomic mass is 9.77. The molecular formula is C40H34F4N6O4S. The maximum absolute atomic E-state index is 14.5. The molecule has 1 spiro atoms. The minimum Gasteiger partial charge on any atom is -0.380 e. The molecule has 15 heteroatoms. The van der Waals surface area contributed by atoms with Crippen molar-refractivity contribution in [3.63, 3.8) is 0 Å². The van der Waals surface area contributed by atoms with Crippen LogP contribution in [0.2, 0.25) is 0 Å². The summed E-state index contributed by atoms with van der Waals surface area (Å²) in [7, 11) is 0. The molecule has 2 saturated heterocycles. The summed E-state index contributed by atoms with van der Waals surface area (Å²) >= 11 is 0.999. The van der Waals surface area contributed by atoms with E-state index in [4.69, 9.17) is 4.74 Å². The third-order valence-corrected chi connectivity index (χ3v) is 11.5. The fourth-order valence-corrected chi connectivity index (χ4v) is 8.36. The van der Waals surface area contributed by atoms with Crippen molar-refractivity contribution in [1.82, 2.24) is 9.97 Å². The van der Waals surface area contributed by atoms with Gasteiger partial charge in [-0.1, -0.05) is 6.07 Å². The minimum absolute atomic E-state index is 0.0667. The third-order valence-electron chi connectivity index (χ3n) is 10.3. The Labute approximate surface area is 317 Å². The molecule has 2 N–H and O–H groups in total. The summed E-state index contributed by atoms with van der Waals surface area (Å²) in [6, 6.07) is 15.9. The van der Waals surface area contributed by atoms with Crippen molar-refractivity contribution < 1.29 is 36.7 Å². The molecule has 0 atom stereocenters. The van der Waals surface area contributed by atoms with Gasteiger partial charge in [0.15, 0.2) is 0 Å². The number of nitrogens with one attached hydrogen (secondary N) is 2. The van der Waals surface area contributed by atoms with Gasteiger partial charge < -0.3 is 25.2 Å². The van der Waals surface area contributed by atoms with E-state index >= 15 is 0 Å². The molecule has 3 aliphatic rings. The van der Waals surface area contributed by atoms with Crippen molar-refractivity contribution >= 4 is 51.9 Å². The molecule has 55 heavy (non-hydrogen) atoms. The number of para-hydroxylation sites is 1. The molecule has 2 fully saturated rings. The van der Waals surface area contributed by atoms with Crippen LogP contribution in [0.3, 0.4) is 0 Å². The smallest absolute Gasteiger partial charge is 0.380 e. The standard InChI is InChI=1S/C40H34F4N6O4S/c1-23-18-27(35(46-20-23)49-16-12-39(13-17-49)21-54-22-39)36(51)47-26-9-7-24(8-10-26)38(53)50-15-11-25-19-31(55-34(25)33-30(50)6-3-14-45-33)37(52)48-32-28(40(42,43)44)4-2-5-29(32)41/h2-10,14,18-20H,11-13,15-17,21-22H2,1H3,(H,47,51)(H,48,52). The lowest BCUT2D eigenvalue weighted by molar-refractivity contribution is -0.137. The number of fused-ring (bicyclic) bond motifs is 3. The fourth-order valence-electron chi connectivity index (χ4n) is 7.25. The summed E-state index contributed by atoms with van der Waals surface area (Å²) in [5.41, 5.74) is 1.77. The normalized spacial score (nSPS) is 16.1. The number of alkyl halides is 3. The number of piperidine rings is 1. The molecule has 282 valence electrons. The first kappa shape index (κ1) is 36.3. The number of anilines is 4. The predicted octanol–water partition coefficient (Wildman–Crippen LogP) is 8.00. The van der Waals surface area contributed by atoms with Crippen LogP contribution in [0.1, 0.15) is 59.9 Å². The summed E-state index contributed by atoms with van der Waals surface area (Å²) in [5.74, 6) is -2.09. The van der Waals surface area contributed by atoms with Crippen LogP contribution < -0.4 is 20.4 Å². The Bertz CT molecular complexity index is 2320. The quantitative estimate of drug-likeness (QED) is 0.168. The monoisotopic (exact) mass is 770 g/mol. The Hall–Kier alpha value is -5.67. The van der Waals surface area contributed by atoms with E-state index in [-0.39, 0.29) is 28.7 Å². The summed E-state index contributed by atoms with van der Waals surface area (Å²) in [6.07, 6.45) is 0.698. The van der Waals surface area contributed by atoms with Gasteiger partial charge in [0.05, 0.1) is 45.5 Å². The van der Waals surface area contributed by atoms with E-state index in [1.807, 2.05) is 13.0 Å². The highest BCUT2D eigenvalue weighted by Gasteiger charge is 2.42. The van der Waals surface area contributed by atoms with Gasteiger partial charge in [-0.2, -0.15) is 13.2 Å². The SMILES string of the molecule is Cc1cnc(N2CCC3(CC2)COC3)c(C(=O)Nc2ccc(C(=O)N3CCc4cc(C(=O)Nc5c(F)cccc5C(F)(F)F)sc4-c4ncccc43)cc2)c1. The molecule has 2 aromatic carbocycles. The summed E-state index contributed by atoms with van der Waals surface area (Å²) in [4.78, 5) is 54.3. The van der Waals surface area contributed by atoms with Crippen molar-refractivity contribution in [3.05, 3.63) is 118 Å². The van der Waals surface area contributed by atoms with Crippen LogP contribution in [0, 0.1) is 18.2 Å². The highest BCUT2D eigenvalue weighted by atomic mass is 32.1. The zero-order chi connectivity index (χ0) is 38.5. The van der Waals surface area contributed by atoms with Gasteiger partial charge in [0.25, 0.3) is 17.7 Å². The van der Waals surface area contributed by atoms with E-state index < -0.39 is 29.2 Å². The molecule has 10 nitrogen and oxygen atoms in total. The number of aryl methyl sites for hydroxylation is 1. The third kappa shape index (κ3) is 7.05. The number of halogens is 4. The average Bonchev–Trinajstić information content (AvgIpc) is 3.53. The highest BCUT2D eigenvalue weighted by Crippen LogP contribution is 2.42. The molecule has 0 aliphatic carbocycles. The number of thiophene rings is 1. The maximum atomic E-state index is 14.5. The van der Waals surface area contributed by atoms with Crippen molar-refractivity contribution in [3.8, 4) is 10.6 Å². The lowest BCUT2D eigenvalue weighted by Crippen LogP contribution is -2.51. The first-order chi connectivity index (χ1) is 26.4. The molecule has 0 unspecified atom stereocenters. The van der Waals surface area contributed by atoms with E-state index in [2.05, 4.69) is 25.5 Å². The first-order valence-corrected chi connectivity index (χ1v) is 18.5. The second kappa shape index (κ2) is 14.2. The number of nitrogens with zero attached hydrogens (tertiary/aromatic N) is 4. The minimum atomic E-state index is -4.88. The van der Waals surface area contributed by atoms with Crippen LogP contribution in [0.5, 0.6) is 0 Å². The van der Waals surface area contributed by atoms with Gasteiger partial charge in [0.1, 0.15) is 17.3 Å². The topological polar surface area (TPSA) is 117 Å². The van der Waals surface area contributed by atoms with Gasteiger partial charge in [-0.3, -0.25) is 19.4 Å².